The zero-order valence-corrected chi connectivity index (χ0v) is 11.4. The van der Waals surface area contributed by atoms with Crippen molar-refractivity contribution in [2.45, 2.75) is 19.1 Å². The van der Waals surface area contributed by atoms with Gasteiger partial charge in [0.25, 0.3) is 0 Å². The molecule has 2 aromatic rings. The lowest BCUT2D eigenvalue weighted by molar-refractivity contribution is -0.138. The number of aromatic nitrogens is 1. The predicted molar refractivity (Wildman–Crippen MR) is 69.0 cm³/mol. The Balaban J connectivity index is 2.54. The number of benzene rings is 1. The zero-order valence-electron chi connectivity index (χ0n) is 10.5. The highest BCUT2D eigenvalue weighted by Crippen LogP contribution is 2.37. The topological polar surface area (TPSA) is 24.9 Å². The summed E-state index contributed by atoms with van der Waals surface area (Å²) in [7, 11) is 0. The van der Waals surface area contributed by atoms with E-state index in [2.05, 4.69) is 10.3 Å². The molecule has 0 spiro atoms. The van der Waals surface area contributed by atoms with Gasteiger partial charge in [-0.05, 0) is 24.2 Å². The zero-order chi connectivity index (χ0) is 14.8. The second kappa shape index (κ2) is 5.88. The number of rotatable bonds is 4. The Morgan fingerprint density at radius 3 is 2.65 bits per heavy atom. The fraction of sp³-hybridized carbons (Fsp3) is 0.308. The lowest BCUT2D eigenvalue weighted by atomic mass is 10.00. The van der Waals surface area contributed by atoms with Gasteiger partial charge in [-0.2, -0.15) is 13.2 Å². The van der Waals surface area contributed by atoms with Crippen LogP contribution in [0.5, 0.6) is 0 Å². The Kier molecular flexibility index (Phi) is 4.39. The van der Waals surface area contributed by atoms with Crippen LogP contribution in [-0.4, -0.2) is 11.5 Å². The van der Waals surface area contributed by atoms with Crippen molar-refractivity contribution >= 4 is 11.3 Å². The standard InChI is InChI=1S/C13H12F4N2S/c1-2-18-11(12-19-5-6-20-12)9-4-3-8(14)7-10(9)13(15,16)17/h3-7,11,18H,2H2,1H3. The first-order valence-corrected chi connectivity index (χ1v) is 6.81. The molecule has 108 valence electrons. The minimum Gasteiger partial charge on any atom is -0.305 e. The quantitative estimate of drug-likeness (QED) is 0.864. The van der Waals surface area contributed by atoms with Crippen molar-refractivity contribution in [1.82, 2.24) is 10.3 Å². The highest BCUT2D eigenvalue weighted by atomic mass is 32.1. The number of hydrogen-bond acceptors (Lipinski definition) is 3. The molecule has 0 aliphatic heterocycles. The normalized spacial score (nSPS) is 13.4. The summed E-state index contributed by atoms with van der Waals surface area (Å²) in [5.74, 6) is -0.907. The van der Waals surface area contributed by atoms with Crippen LogP contribution in [0.4, 0.5) is 17.6 Å². The molecular formula is C13H12F4N2S. The van der Waals surface area contributed by atoms with Crippen LogP contribution in [0, 0.1) is 5.82 Å². The van der Waals surface area contributed by atoms with Gasteiger partial charge in [-0.1, -0.05) is 13.0 Å². The summed E-state index contributed by atoms with van der Waals surface area (Å²) < 4.78 is 52.3. The van der Waals surface area contributed by atoms with E-state index in [1.807, 2.05) is 0 Å². The molecule has 1 aromatic carbocycles. The van der Waals surface area contributed by atoms with Crippen LogP contribution >= 0.6 is 11.3 Å². The Morgan fingerprint density at radius 1 is 1.35 bits per heavy atom. The second-order valence-electron chi connectivity index (χ2n) is 4.09. The number of thiazole rings is 1. The maximum Gasteiger partial charge on any atom is 0.416 e. The van der Waals surface area contributed by atoms with Crippen LogP contribution < -0.4 is 5.32 Å². The molecule has 2 rings (SSSR count). The maximum atomic E-state index is 13.1. The van der Waals surface area contributed by atoms with E-state index in [9.17, 15) is 17.6 Å². The van der Waals surface area contributed by atoms with Gasteiger partial charge in [-0.15, -0.1) is 11.3 Å². The summed E-state index contributed by atoms with van der Waals surface area (Å²) >= 11 is 1.25. The van der Waals surface area contributed by atoms with Gasteiger partial charge in [0.15, 0.2) is 0 Å². The van der Waals surface area contributed by atoms with Crippen LogP contribution in [-0.2, 0) is 6.18 Å². The number of nitrogens with one attached hydrogen (secondary N) is 1. The first-order valence-electron chi connectivity index (χ1n) is 5.93. The third-order valence-electron chi connectivity index (χ3n) is 2.74. The van der Waals surface area contributed by atoms with Gasteiger partial charge in [0, 0.05) is 11.6 Å². The average molecular weight is 304 g/mol. The summed E-state index contributed by atoms with van der Waals surface area (Å²) in [5.41, 5.74) is -0.991. The predicted octanol–water partition coefficient (Wildman–Crippen LogP) is 4.00. The molecular weight excluding hydrogens is 292 g/mol. The molecule has 0 saturated heterocycles. The molecule has 0 fully saturated rings. The smallest absolute Gasteiger partial charge is 0.305 e. The van der Waals surface area contributed by atoms with Crippen LogP contribution in [0.1, 0.15) is 29.1 Å². The van der Waals surface area contributed by atoms with E-state index in [4.69, 9.17) is 0 Å². The van der Waals surface area contributed by atoms with Gasteiger partial charge >= 0.3 is 6.18 Å². The van der Waals surface area contributed by atoms with E-state index >= 15 is 0 Å². The molecule has 0 saturated carbocycles. The largest absolute Gasteiger partial charge is 0.416 e. The fourth-order valence-corrected chi connectivity index (χ4v) is 2.67. The number of alkyl halides is 3. The summed E-state index contributed by atoms with van der Waals surface area (Å²) in [6, 6.07) is 2.01. The number of nitrogens with zero attached hydrogens (tertiary/aromatic N) is 1. The van der Waals surface area contributed by atoms with Gasteiger partial charge in [0.2, 0.25) is 0 Å². The van der Waals surface area contributed by atoms with E-state index in [0.29, 0.717) is 17.6 Å². The summed E-state index contributed by atoms with van der Waals surface area (Å²) in [6.07, 6.45) is -3.08. The summed E-state index contributed by atoms with van der Waals surface area (Å²) in [4.78, 5) is 4.05. The van der Waals surface area contributed by atoms with E-state index in [1.54, 1.807) is 12.3 Å². The van der Waals surface area contributed by atoms with Crippen molar-refractivity contribution in [2.75, 3.05) is 6.54 Å². The first kappa shape index (κ1) is 14.9. The molecule has 0 amide bonds. The molecule has 0 aliphatic rings. The summed E-state index contributed by atoms with van der Waals surface area (Å²) in [5, 5.41) is 5.17. The van der Waals surface area contributed by atoms with Gasteiger partial charge in [-0.25, -0.2) is 9.37 Å². The Morgan fingerprint density at radius 2 is 2.10 bits per heavy atom. The van der Waals surface area contributed by atoms with Crippen molar-refractivity contribution in [3.05, 3.63) is 51.7 Å². The van der Waals surface area contributed by atoms with Crippen LogP contribution in [0.2, 0.25) is 0 Å². The van der Waals surface area contributed by atoms with Gasteiger partial charge in [-0.3, -0.25) is 0 Å². The summed E-state index contributed by atoms with van der Waals surface area (Å²) in [6.45, 7) is 2.26. The molecule has 0 aliphatic carbocycles. The fourth-order valence-electron chi connectivity index (χ4n) is 1.94. The highest BCUT2D eigenvalue weighted by Gasteiger charge is 2.36. The minimum absolute atomic E-state index is 0.0179. The van der Waals surface area contributed by atoms with Crippen LogP contribution in [0.3, 0.4) is 0 Å². The SMILES string of the molecule is CCNC(c1nccs1)c1ccc(F)cc1C(F)(F)F. The highest BCUT2D eigenvalue weighted by molar-refractivity contribution is 7.09. The second-order valence-corrected chi connectivity index (χ2v) is 5.02. The monoisotopic (exact) mass is 304 g/mol. The average Bonchev–Trinajstić information content (AvgIpc) is 2.89. The third-order valence-corrected chi connectivity index (χ3v) is 3.58. The molecule has 1 atom stereocenters. The van der Waals surface area contributed by atoms with Gasteiger partial charge in [0.1, 0.15) is 10.8 Å². The van der Waals surface area contributed by atoms with Crippen molar-refractivity contribution in [3.63, 3.8) is 0 Å². The molecule has 1 unspecified atom stereocenters. The number of hydrogen-bond donors (Lipinski definition) is 1. The molecule has 0 bridgehead atoms. The van der Waals surface area contributed by atoms with E-state index < -0.39 is 23.6 Å². The van der Waals surface area contributed by atoms with Crippen LogP contribution in [0.25, 0.3) is 0 Å². The van der Waals surface area contributed by atoms with Crippen molar-refractivity contribution in [3.8, 4) is 0 Å². The lowest BCUT2D eigenvalue weighted by Gasteiger charge is -2.20. The minimum atomic E-state index is -4.61. The molecule has 1 N–H and O–H groups in total. The maximum absolute atomic E-state index is 13.1. The van der Waals surface area contributed by atoms with Crippen molar-refractivity contribution < 1.29 is 17.6 Å². The Labute approximate surface area is 117 Å². The third kappa shape index (κ3) is 3.16. The molecule has 0 radical (unpaired) electrons. The van der Waals surface area contributed by atoms with Crippen LogP contribution in [0.15, 0.2) is 29.8 Å². The van der Waals surface area contributed by atoms with Crippen molar-refractivity contribution in [2.24, 2.45) is 0 Å². The first-order chi connectivity index (χ1) is 9.43. The van der Waals surface area contributed by atoms with E-state index in [-0.39, 0.29) is 5.56 Å². The van der Waals surface area contributed by atoms with E-state index in [0.717, 1.165) is 12.1 Å². The molecule has 2 nitrogen and oxygen atoms in total. The van der Waals surface area contributed by atoms with Gasteiger partial charge < -0.3 is 5.32 Å². The molecule has 1 aromatic heterocycles. The lowest BCUT2D eigenvalue weighted by Crippen LogP contribution is -2.25. The van der Waals surface area contributed by atoms with E-state index in [1.165, 1.54) is 17.5 Å². The Hall–Kier alpha value is -1.47. The van der Waals surface area contributed by atoms with Crippen molar-refractivity contribution in [1.29, 1.82) is 0 Å². The number of halogens is 4. The molecule has 7 heteroatoms. The Bertz CT molecular complexity index is 566. The molecule has 1 heterocycles. The molecule has 20 heavy (non-hydrogen) atoms. The van der Waals surface area contributed by atoms with Gasteiger partial charge in [0.05, 0.1) is 11.6 Å².